The molecule has 170 valence electrons. The minimum Gasteiger partial charge on any atom is -0.493 e. The monoisotopic (exact) mass is 554 g/mol. The Bertz CT molecular complexity index is 1130. The Morgan fingerprint density at radius 2 is 1.78 bits per heavy atom. The van der Waals surface area contributed by atoms with Gasteiger partial charge in [-0.1, -0.05) is 5.16 Å². The lowest BCUT2D eigenvalue weighted by atomic mass is 10.2. The van der Waals surface area contributed by atoms with Crippen molar-refractivity contribution in [2.75, 3.05) is 27.3 Å². The van der Waals surface area contributed by atoms with Gasteiger partial charge in [0.15, 0.2) is 17.3 Å². The molecule has 0 saturated heterocycles. The zero-order valence-corrected chi connectivity index (χ0v) is 20.2. The quantitative estimate of drug-likeness (QED) is 0.302. The summed E-state index contributed by atoms with van der Waals surface area (Å²) in [5.74, 6) is 0.354. The van der Waals surface area contributed by atoms with Crippen molar-refractivity contribution < 1.29 is 23.6 Å². The van der Waals surface area contributed by atoms with Crippen molar-refractivity contribution in [2.24, 2.45) is 0 Å². The summed E-state index contributed by atoms with van der Waals surface area (Å²) in [6, 6.07) is 4.85. The summed E-state index contributed by atoms with van der Waals surface area (Å²) < 4.78 is 18.2. The maximum atomic E-state index is 12.3. The summed E-state index contributed by atoms with van der Waals surface area (Å²) in [5, 5.41) is 13.6. The number of ether oxygens (including phenoxy) is 2. The van der Waals surface area contributed by atoms with Crippen molar-refractivity contribution in [1.82, 2.24) is 30.6 Å². The van der Waals surface area contributed by atoms with Gasteiger partial charge in [-0.05, 0) is 54.6 Å². The second kappa shape index (κ2) is 10.4. The molecule has 0 spiro atoms. The molecular formula is C20H23IN6O5. The number of aryl methyl sites for hydroxylation is 1. The van der Waals surface area contributed by atoms with Gasteiger partial charge in [0, 0.05) is 24.3 Å². The Kier molecular flexibility index (Phi) is 7.66. The molecule has 0 bridgehead atoms. The van der Waals surface area contributed by atoms with Crippen LogP contribution in [0, 0.1) is 17.4 Å². The van der Waals surface area contributed by atoms with Gasteiger partial charge in [0.2, 0.25) is 0 Å². The lowest BCUT2D eigenvalue weighted by Gasteiger charge is -2.10. The van der Waals surface area contributed by atoms with Crippen LogP contribution in [-0.2, 0) is 6.54 Å². The number of carbonyl (C=O) groups excluding carboxylic acids is 2. The molecule has 0 aliphatic carbocycles. The van der Waals surface area contributed by atoms with Crippen LogP contribution in [-0.4, -0.2) is 59.0 Å². The van der Waals surface area contributed by atoms with Crippen molar-refractivity contribution in [3.63, 3.8) is 0 Å². The normalized spacial score (nSPS) is 10.7. The molecule has 0 aliphatic heterocycles. The van der Waals surface area contributed by atoms with Crippen molar-refractivity contribution in [1.29, 1.82) is 0 Å². The number of benzene rings is 1. The van der Waals surface area contributed by atoms with Crippen LogP contribution >= 0.6 is 22.6 Å². The van der Waals surface area contributed by atoms with E-state index in [4.69, 9.17) is 14.0 Å². The number of rotatable bonds is 9. The average molecular weight is 554 g/mol. The predicted molar refractivity (Wildman–Crippen MR) is 122 cm³/mol. The van der Waals surface area contributed by atoms with E-state index in [0.717, 1.165) is 15.0 Å². The first-order valence-corrected chi connectivity index (χ1v) is 10.7. The van der Waals surface area contributed by atoms with Gasteiger partial charge in [0.05, 0.1) is 23.5 Å². The Morgan fingerprint density at radius 1 is 1.09 bits per heavy atom. The van der Waals surface area contributed by atoms with Crippen LogP contribution in [0.15, 0.2) is 22.7 Å². The van der Waals surface area contributed by atoms with Crippen molar-refractivity contribution in [3.8, 4) is 11.5 Å². The van der Waals surface area contributed by atoms with Gasteiger partial charge in [-0.3, -0.25) is 14.3 Å². The van der Waals surface area contributed by atoms with E-state index in [0.29, 0.717) is 29.4 Å². The second-order valence-electron chi connectivity index (χ2n) is 6.74. The van der Waals surface area contributed by atoms with Gasteiger partial charge in [0.1, 0.15) is 6.54 Å². The fraction of sp³-hybridized carbons (Fsp3) is 0.350. The molecule has 11 nitrogen and oxygen atoms in total. The molecule has 2 heterocycles. The van der Waals surface area contributed by atoms with Crippen LogP contribution in [0.5, 0.6) is 11.5 Å². The zero-order valence-electron chi connectivity index (χ0n) is 18.1. The Labute approximate surface area is 198 Å². The molecule has 12 heteroatoms. The number of amides is 2. The summed E-state index contributed by atoms with van der Waals surface area (Å²) >= 11 is 2.23. The molecule has 2 N–H and O–H groups in total. The summed E-state index contributed by atoms with van der Waals surface area (Å²) in [7, 11) is 3.02. The summed E-state index contributed by atoms with van der Waals surface area (Å²) in [6.45, 7) is 4.57. The number of carbonyl (C=O) groups is 2. The van der Waals surface area contributed by atoms with Crippen molar-refractivity contribution in [2.45, 2.75) is 20.4 Å². The van der Waals surface area contributed by atoms with E-state index >= 15 is 0 Å². The van der Waals surface area contributed by atoms with Gasteiger partial charge in [-0.25, -0.2) is 0 Å². The minimum atomic E-state index is -0.521. The number of methoxy groups -OCH3 is 2. The van der Waals surface area contributed by atoms with E-state index in [1.54, 1.807) is 22.9 Å². The van der Waals surface area contributed by atoms with E-state index in [9.17, 15) is 9.59 Å². The van der Waals surface area contributed by atoms with Crippen LogP contribution in [0.3, 0.4) is 0 Å². The number of aromatic nitrogens is 4. The summed E-state index contributed by atoms with van der Waals surface area (Å²) in [5.41, 5.74) is 2.32. The number of nitrogens with one attached hydrogen (secondary N) is 2. The number of hydrogen-bond acceptors (Lipinski definition) is 8. The van der Waals surface area contributed by atoms with Gasteiger partial charge < -0.3 is 24.6 Å². The fourth-order valence-electron chi connectivity index (χ4n) is 2.88. The summed E-state index contributed by atoms with van der Waals surface area (Å²) in [4.78, 5) is 28.6. The van der Waals surface area contributed by atoms with Crippen LogP contribution in [0.2, 0.25) is 0 Å². The highest BCUT2D eigenvalue weighted by Crippen LogP contribution is 2.27. The van der Waals surface area contributed by atoms with E-state index in [2.05, 4.69) is 48.5 Å². The minimum absolute atomic E-state index is 0.151. The molecule has 1 aromatic carbocycles. The molecule has 32 heavy (non-hydrogen) atoms. The smallest absolute Gasteiger partial charge is 0.316 e. The molecular weight excluding hydrogens is 531 g/mol. The molecule has 3 rings (SSSR count). The molecule has 2 aromatic heterocycles. The van der Waals surface area contributed by atoms with E-state index in [1.165, 1.54) is 14.2 Å². The number of hydrogen-bond donors (Lipinski definition) is 2. The predicted octanol–water partition coefficient (Wildman–Crippen LogP) is 1.71. The molecule has 0 unspecified atom stereocenters. The fourth-order valence-corrected chi connectivity index (χ4v) is 3.27. The first kappa shape index (κ1) is 23.5. The number of halogens is 1. The van der Waals surface area contributed by atoms with Crippen LogP contribution in [0.1, 0.15) is 38.3 Å². The van der Waals surface area contributed by atoms with Gasteiger partial charge in [0.25, 0.3) is 5.91 Å². The lowest BCUT2D eigenvalue weighted by Crippen LogP contribution is -2.34. The molecule has 0 atom stereocenters. The van der Waals surface area contributed by atoms with Gasteiger partial charge in [-0.2, -0.15) is 10.1 Å². The zero-order chi connectivity index (χ0) is 23.3. The molecule has 0 saturated carbocycles. The van der Waals surface area contributed by atoms with E-state index < -0.39 is 5.91 Å². The van der Waals surface area contributed by atoms with Crippen molar-refractivity contribution in [3.05, 3.63) is 50.4 Å². The second-order valence-corrected chi connectivity index (χ2v) is 7.82. The average Bonchev–Trinajstić information content (AvgIpc) is 3.36. The first-order valence-electron chi connectivity index (χ1n) is 9.64. The highest BCUT2D eigenvalue weighted by molar-refractivity contribution is 14.1. The third-order valence-corrected chi connectivity index (χ3v) is 6.15. The van der Waals surface area contributed by atoms with E-state index in [1.807, 2.05) is 13.8 Å². The topological polar surface area (TPSA) is 133 Å². The maximum absolute atomic E-state index is 12.3. The Balaban J connectivity index is 1.48. The highest BCUT2D eigenvalue weighted by Gasteiger charge is 2.17. The van der Waals surface area contributed by atoms with Crippen LogP contribution < -0.4 is 20.1 Å². The van der Waals surface area contributed by atoms with Gasteiger partial charge >= 0.3 is 11.8 Å². The molecule has 0 aliphatic rings. The molecule has 0 fully saturated rings. The Hall–Kier alpha value is -3.16. The van der Waals surface area contributed by atoms with Gasteiger partial charge in [-0.15, -0.1) is 0 Å². The first-order chi connectivity index (χ1) is 15.3. The third kappa shape index (κ3) is 5.36. The van der Waals surface area contributed by atoms with Crippen LogP contribution in [0.25, 0.3) is 0 Å². The highest BCUT2D eigenvalue weighted by atomic mass is 127. The standard InChI is InChI=1S/C20H23IN6O5/c1-11-17(21)12(2)27(25-11)10-16-24-20(32-26-16)19(29)23-8-7-22-18(28)13-5-6-14(30-3)15(9-13)31-4/h5-6,9H,7-8,10H2,1-4H3,(H,22,28)(H,23,29). The van der Waals surface area contributed by atoms with E-state index in [-0.39, 0.29) is 24.9 Å². The Morgan fingerprint density at radius 3 is 2.41 bits per heavy atom. The summed E-state index contributed by atoms with van der Waals surface area (Å²) in [6.07, 6.45) is 0. The number of nitrogens with zero attached hydrogens (tertiary/aromatic N) is 4. The largest absolute Gasteiger partial charge is 0.493 e. The molecule has 2 amide bonds. The third-order valence-electron chi connectivity index (χ3n) is 4.59. The van der Waals surface area contributed by atoms with Crippen LogP contribution in [0.4, 0.5) is 0 Å². The molecule has 3 aromatic rings. The molecule has 0 radical (unpaired) electrons. The SMILES string of the molecule is COc1ccc(C(=O)NCCNC(=O)c2nc(Cn3nc(C)c(I)c3C)no2)cc1OC. The maximum Gasteiger partial charge on any atom is 0.316 e. The lowest BCUT2D eigenvalue weighted by molar-refractivity contribution is 0.0898. The van der Waals surface area contributed by atoms with Crippen molar-refractivity contribution >= 4 is 34.4 Å².